The number of carbonyl (C=O) groups is 2. The van der Waals surface area contributed by atoms with Crippen molar-refractivity contribution in [1.82, 2.24) is 15.2 Å². The normalized spacial score (nSPS) is 25.3. The average molecular weight is 336 g/mol. The van der Waals surface area contributed by atoms with Gasteiger partial charge in [0.05, 0.1) is 17.2 Å². The van der Waals surface area contributed by atoms with Gasteiger partial charge in [-0.25, -0.2) is 0 Å². The summed E-state index contributed by atoms with van der Waals surface area (Å²) >= 11 is 0. The number of benzene rings is 1. The van der Waals surface area contributed by atoms with E-state index in [2.05, 4.69) is 21.3 Å². The summed E-state index contributed by atoms with van der Waals surface area (Å²) in [6.45, 7) is 3.01. The number of hydrogen-bond donors (Lipinski definition) is 2. The van der Waals surface area contributed by atoms with Gasteiger partial charge in [0.2, 0.25) is 0 Å². The molecule has 2 aromatic rings. The first-order valence-electron chi connectivity index (χ1n) is 8.73. The second-order valence-electron chi connectivity index (χ2n) is 7.08. The Morgan fingerprint density at radius 3 is 3.00 bits per heavy atom. The third-order valence-electron chi connectivity index (χ3n) is 5.30. The molecule has 2 aliphatic heterocycles. The molecule has 2 aliphatic rings. The molecule has 2 bridgehead atoms. The number of aromatic amines is 1. The Kier molecular flexibility index (Phi) is 4.02. The zero-order valence-corrected chi connectivity index (χ0v) is 13.9. The number of fused-ring (bicyclic) bond motifs is 3. The van der Waals surface area contributed by atoms with E-state index in [1.54, 1.807) is 24.4 Å². The number of Topliss-reactive ketones (excluding diaryl/α,β-unsaturated/α-hetero) is 1. The van der Waals surface area contributed by atoms with Crippen molar-refractivity contribution in [2.24, 2.45) is 5.92 Å². The molecule has 0 aliphatic carbocycles. The SMILES string of the molecule is N#Cc1ccc2[nH]cc(C(=O)C(=O)NC3CC4CCCN(C4)C3)c2c1. The standard InChI is InChI=1S/C19H20N4O2/c20-8-12-3-4-17-15(7-12)16(9-21-17)18(24)19(25)22-14-6-13-2-1-5-23(10-13)11-14/h3-4,7,9,13-14,21H,1-2,5-6,10-11H2,(H,22,25). The topological polar surface area (TPSA) is 89.0 Å². The number of aromatic nitrogens is 1. The van der Waals surface area contributed by atoms with E-state index in [-0.39, 0.29) is 6.04 Å². The van der Waals surface area contributed by atoms with Gasteiger partial charge in [-0.05, 0) is 49.9 Å². The highest BCUT2D eigenvalue weighted by Gasteiger charge is 2.32. The minimum atomic E-state index is -0.561. The Hall–Kier alpha value is -2.65. The van der Waals surface area contributed by atoms with E-state index in [0.29, 0.717) is 22.4 Å². The van der Waals surface area contributed by atoms with Crippen molar-refractivity contribution < 1.29 is 9.59 Å². The van der Waals surface area contributed by atoms with E-state index < -0.39 is 11.7 Å². The largest absolute Gasteiger partial charge is 0.360 e. The highest BCUT2D eigenvalue weighted by atomic mass is 16.2. The Labute approximate surface area is 145 Å². The van der Waals surface area contributed by atoms with Gasteiger partial charge in [-0.3, -0.25) is 9.59 Å². The van der Waals surface area contributed by atoms with Crippen LogP contribution in [0.4, 0.5) is 0 Å². The van der Waals surface area contributed by atoms with Crippen LogP contribution in [-0.2, 0) is 4.79 Å². The molecule has 0 radical (unpaired) electrons. The predicted molar refractivity (Wildman–Crippen MR) is 93.1 cm³/mol. The van der Waals surface area contributed by atoms with Crippen LogP contribution >= 0.6 is 0 Å². The molecule has 1 amide bonds. The van der Waals surface area contributed by atoms with E-state index in [9.17, 15) is 9.59 Å². The second kappa shape index (κ2) is 6.34. The lowest BCUT2D eigenvalue weighted by Gasteiger charge is -2.41. The second-order valence-corrected chi connectivity index (χ2v) is 7.08. The molecule has 3 heterocycles. The first-order valence-corrected chi connectivity index (χ1v) is 8.73. The molecule has 1 aromatic heterocycles. The average Bonchev–Trinajstić information content (AvgIpc) is 3.03. The fourth-order valence-corrected chi connectivity index (χ4v) is 4.15. The van der Waals surface area contributed by atoms with Gasteiger partial charge >= 0.3 is 0 Å². The van der Waals surface area contributed by atoms with E-state index in [4.69, 9.17) is 5.26 Å². The quantitative estimate of drug-likeness (QED) is 0.661. The molecule has 0 spiro atoms. The van der Waals surface area contributed by atoms with Crippen molar-refractivity contribution in [1.29, 1.82) is 5.26 Å². The molecule has 3 atom stereocenters. The number of nitriles is 1. The fraction of sp³-hybridized carbons (Fsp3) is 0.421. The first kappa shape index (κ1) is 15.9. The van der Waals surface area contributed by atoms with Crippen LogP contribution in [-0.4, -0.2) is 47.3 Å². The molecule has 128 valence electrons. The summed E-state index contributed by atoms with van der Waals surface area (Å²) in [5.41, 5.74) is 1.53. The van der Waals surface area contributed by atoms with Gasteiger partial charge in [0, 0.05) is 36.2 Å². The van der Waals surface area contributed by atoms with E-state index >= 15 is 0 Å². The summed E-state index contributed by atoms with van der Waals surface area (Å²) < 4.78 is 0. The Morgan fingerprint density at radius 2 is 2.20 bits per heavy atom. The van der Waals surface area contributed by atoms with Crippen LogP contribution in [0.3, 0.4) is 0 Å². The summed E-state index contributed by atoms with van der Waals surface area (Å²) in [4.78, 5) is 30.4. The van der Waals surface area contributed by atoms with Crippen LogP contribution in [0.1, 0.15) is 35.2 Å². The van der Waals surface area contributed by atoms with Crippen molar-refractivity contribution in [3.63, 3.8) is 0 Å². The number of amides is 1. The maximum absolute atomic E-state index is 12.6. The van der Waals surface area contributed by atoms with Crippen molar-refractivity contribution in [2.45, 2.75) is 25.3 Å². The molecule has 0 saturated carbocycles. The van der Waals surface area contributed by atoms with Crippen LogP contribution in [0.5, 0.6) is 0 Å². The Balaban J connectivity index is 1.51. The number of piperidine rings is 2. The number of carbonyl (C=O) groups excluding carboxylic acids is 2. The zero-order valence-electron chi connectivity index (χ0n) is 13.9. The highest BCUT2D eigenvalue weighted by Crippen LogP contribution is 2.26. The fourth-order valence-electron chi connectivity index (χ4n) is 4.15. The number of hydrogen-bond acceptors (Lipinski definition) is 4. The molecule has 6 nitrogen and oxygen atoms in total. The van der Waals surface area contributed by atoms with Crippen molar-refractivity contribution >= 4 is 22.6 Å². The minimum Gasteiger partial charge on any atom is -0.360 e. The maximum atomic E-state index is 12.6. The van der Waals surface area contributed by atoms with Gasteiger partial charge in [0.1, 0.15) is 0 Å². The molecular weight excluding hydrogens is 316 g/mol. The van der Waals surface area contributed by atoms with Crippen molar-refractivity contribution in [3.05, 3.63) is 35.5 Å². The Morgan fingerprint density at radius 1 is 1.32 bits per heavy atom. The molecule has 2 N–H and O–H groups in total. The third-order valence-corrected chi connectivity index (χ3v) is 5.30. The first-order chi connectivity index (χ1) is 12.1. The Bertz CT molecular complexity index is 867. The molecule has 2 saturated heterocycles. The van der Waals surface area contributed by atoms with Crippen molar-refractivity contribution in [2.75, 3.05) is 19.6 Å². The summed E-state index contributed by atoms with van der Waals surface area (Å²) in [6, 6.07) is 7.17. The predicted octanol–water partition coefficient (Wildman–Crippen LogP) is 1.82. The van der Waals surface area contributed by atoms with Crippen LogP contribution in [0.25, 0.3) is 10.9 Å². The maximum Gasteiger partial charge on any atom is 0.292 e. The van der Waals surface area contributed by atoms with E-state index in [0.717, 1.165) is 31.6 Å². The number of ketones is 1. The summed E-state index contributed by atoms with van der Waals surface area (Å²) in [5.74, 6) is -0.490. The van der Waals surface area contributed by atoms with Gasteiger partial charge in [0.15, 0.2) is 0 Å². The van der Waals surface area contributed by atoms with Gasteiger partial charge in [0.25, 0.3) is 11.7 Å². The van der Waals surface area contributed by atoms with Crippen LogP contribution in [0.15, 0.2) is 24.4 Å². The third kappa shape index (κ3) is 3.03. The molecule has 2 fully saturated rings. The molecule has 4 rings (SSSR count). The molecule has 25 heavy (non-hydrogen) atoms. The lowest BCUT2D eigenvalue weighted by atomic mass is 9.87. The summed E-state index contributed by atoms with van der Waals surface area (Å²) in [5, 5.41) is 12.6. The van der Waals surface area contributed by atoms with Gasteiger partial charge in [-0.15, -0.1) is 0 Å². The molecule has 1 aromatic carbocycles. The number of nitrogens with zero attached hydrogens (tertiary/aromatic N) is 2. The van der Waals surface area contributed by atoms with E-state index in [1.165, 1.54) is 12.8 Å². The number of H-pyrrole nitrogens is 1. The monoisotopic (exact) mass is 336 g/mol. The minimum absolute atomic E-state index is 0.0374. The zero-order chi connectivity index (χ0) is 17.4. The van der Waals surface area contributed by atoms with E-state index in [1.807, 2.05) is 0 Å². The molecule has 6 heteroatoms. The lowest BCUT2D eigenvalue weighted by Crippen LogP contribution is -2.53. The summed E-state index contributed by atoms with van der Waals surface area (Å²) in [6.07, 6.45) is 4.92. The summed E-state index contributed by atoms with van der Waals surface area (Å²) in [7, 11) is 0. The van der Waals surface area contributed by atoms with Crippen LogP contribution in [0, 0.1) is 17.2 Å². The van der Waals surface area contributed by atoms with Gasteiger partial charge < -0.3 is 15.2 Å². The molecule has 3 unspecified atom stereocenters. The molecular formula is C19H20N4O2. The van der Waals surface area contributed by atoms with Gasteiger partial charge in [-0.2, -0.15) is 5.26 Å². The number of rotatable bonds is 3. The smallest absolute Gasteiger partial charge is 0.292 e. The highest BCUT2D eigenvalue weighted by molar-refractivity contribution is 6.45. The lowest BCUT2D eigenvalue weighted by molar-refractivity contribution is -0.118. The van der Waals surface area contributed by atoms with Crippen molar-refractivity contribution in [3.8, 4) is 6.07 Å². The van der Waals surface area contributed by atoms with Gasteiger partial charge in [-0.1, -0.05) is 0 Å². The number of nitrogens with one attached hydrogen (secondary N) is 2. The van der Waals surface area contributed by atoms with Crippen LogP contribution in [0.2, 0.25) is 0 Å². The van der Waals surface area contributed by atoms with Crippen LogP contribution < -0.4 is 5.32 Å².